The second kappa shape index (κ2) is 7.08. The average Bonchev–Trinajstić information content (AvgIpc) is 3.34. The van der Waals surface area contributed by atoms with Crippen LogP contribution in [0.4, 0.5) is 0 Å². The predicted molar refractivity (Wildman–Crippen MR) is 91.4 cm³/mol. The van der Waals surface area contributed by atoms with Crippen molar-refractivity contribution in [1.29, 1.82) is 0 Å². The number of rotatable bonds is 4. The fourth-order valence-electron chi connectivity index (χ4n) is 4.54. The standard InChI is InChI=1S/C19H28N2O4/c1-14-9-17(20-25-14)18(22)21-8-4-7-19(13-21)10-16(12-24-19)23-11-15-5-2-3-6-15/h9,15-16H,2-8,10-13H2,1H3/t16-,19+/m1/s1. The Labute approximate surface area is 148 Å². The molecular weight excluding hydrogens is 320 g/mol. The maximum Gasteiger partial charge on any atom is 0.276 e. The van der Waals surface area contributed by atoms with Gasteiger partial charge in [0.25, 0.3) is 5.91 Å². The zero-order chi connectivity index (χ0) is 17.3. The molecule has 25 heavy (non-hydrogen) atoms. The average molecular weight is 348 g/mol. The summed E-state index contributed by atoms with van der Waals surface area (Å²) in [5.41, 5.74) is 0.147. The summed E-state index contributed by atoms with van der Waals surface area (Å²) in [6.07, 6.45) is 8.31. The Balaban J connectivity index is 1.33. The highest BCUT2D eigenvalue weighted by atomic mass is 16.6. The van der Waals surface area contributed by atoms with Gasteiger partial charge in [0.2, 0.25) is 0 Å². The second-order valence-corrected chi connectivity index (χ2v) is 7.96. The molecule has 1 saturated carbocycles. The molecule has 4 rings (SSSR count). The molecule has 1 spiro atoms. The van der Waals surface area contributed by atoms with Crippen molar-refractivity contribution in [2.75, 3.05) is 26.3 Å². The molecule has 2 saturated heterocycles. The van der Waals surface area contributed by atoms with Crippen LogP contribution in [0.2, 0.25) is 0 Å². The third kappa shape index (κ3) is 3.75. The molecule has 1 aromatic heterocycles. The van der Waals surface area contributed by atoms with Crippen LogP contribution in [-0.2, 0) is 9.47 Å². The smallest absolute Gasteiger partial charge is 0.276 e. The number of hydrogen-bond acceptors (Lipinski definition) is 5. The van der Waals surface area contributed by atoms with Crippen molar-refractivity contribution in [3.63, 3.8) is 0 Å². The molecule has 2 aliphatic heterocycles. The van der Waals surface area contributed by atoms with Crippen LogP contribution < -0.4 is 0 Å². The number of carbonyl (C=O) groups is 1. The topological polar surface area (TPSA) is 64.8 Å². The fourth-order valence-corrected chi connectivity index (χ4v) is 4.54. The summed E-state index contributed by atoms with van der Waals surface area (Å²) in [6.45, 7) is 4.70. The summed E-state index contributed by atoms with van der Waals surface area (Å²) >= 11 is 0. The van der Waals surface area contributed by atoms with Gasteiger partial charge in [-0.2, -0.15) is 0 Å². The largest absolute Gasteiger partial charge is 0.375 e. The number of amides is 1. The van der Waals surface area contributed by atoms with Crippen molar-refractivity contribution in [3.8, 4) is 0 Å². The Morgan fingerprint density at radius 3 is 3.00 bits per heavy atom. The van der Waals surface area contributed by atoms with Gasteiger partial charge in [-0.15, -0.1) is 0 Å². The number of aryl methyl sites for hydroxylation is 1. The van der Waals surface area contributed by atoms with Crippen molar-refractivity contribution < 1.29 is 18.8 Å². The molecule has 6 nitrogen and oxygen atoms in total. The van der Waals surface area contributed by atoms with E-state index in [1.165, 1.54) is 25.7 Å². The number of piperidine rings is 1. The lowest BCUT2D eigenvalue weighted by Gasteiger charge is -2.39. The monoisotopic (exact) mass is 348 g/mol. The van der Waals surface area contributed by atoms with Crippen molar-refractivity contribution in [1.82, 2.24) is 10.1 Å². The van der Waals surface area contributed by atoms with Crippen LogP contribution in [0.1, 0.15) is 61.2 Å². The second-order valence-electron chi connectivity index (χ2n) is 7.96. The molecule has 1 aliphatic carbocycles. The first-order valence-corrected chi connectivity index (χ1v) is 9.62. The molecule has 1 aromatic rings. The van der Waals surface area contributed by atoms with Crippen molar-refractivity contribution in [3.05, 3.63) is 17.5 Å². The summed E-state index contributed by atoms with van der Waals surface area (Å²) in [4.78, 5) is 14.5. The van der Waals surface area contributed by atoms with Crippen molar-refractivity contribution in [2.45, 2.75) is 63.6 Å². The third-order valence-corrected chi connectivity index (χ3v) is 5.89. The molecule has 0 bridgehead atoms. The van der Waals surface area contributed by atoms with Gasteiger partial charge in [-0.3, -0.25) is 4.79 Å². The van der Waals surface area contributed by atoms with Crippen molar-refractivity contribution >= 4 is 5.91 Å². The maximum atomic E-state index is 12.7. The minimum atomic E-state index is -0.243. The van der Waals surface area contributed by atoms with Gasteiger partial charge in [0.05, 0.1) is 24.9 Å². The zero-order valence-electron chi connectivity index (χ0n) is 15.0. The Kier molecular flexibility index (Phi) is 4.82. The third-order valence-electron chi connectivity index (χ3n) is 5.89. The van der Waals surface area contributed by atoms with Crippen LogP contribution in [0.3, 0.4) is 0 Å². The molecule has 3 aliphatic rings. The van der Waals surface area contributed by atoms with Gasteiger partial charge in [0.15, 0.2) is 5.69 Å². The number of hydrogen-bond donors (Lipinski definition) is 0. The number of ether oxygens (including phenoxy) is 2. The van der Waals surface area contributed by atoms with E-state index in [0.29, 0.717) is 24.6 Å². The summed E-state index contributed by atoms with van der Waals surface area (Å²) in [5.74, 6) is 1.33. The first-order valence-electron chi connectivity index (χ1n) is 9.62. The molecule has 0 N–H and O–H groups in total. The fraction of sp³-hybridized carbons (Fsp3) is 0.789. The maximum absolute atomic E-state index is 12.7. The molecule has 1 amide bonds. The van der Waals surface area contributed by atoms with E-state index >= 15 is 0 Å². The Hall–Kier alpha value is -1.40. The van der Waals surface area contributed by atoms with E-state index in [1.807, 2.05) is 4.90 Å². The minimum Gasteiger partial charge on any atom is -0.375 e. The number of carbonyl (C=O) groups excluding carboxylic acids is 1. The van der Waals surface area contributed by atoms with Crippen LogP contribution in [0.25, 0.3) is 0 Å². The first kappa shape index (κ1) is 17.0. The van der Waals surface area contributed by atoms with Crippen LogP contribution in [0.5, 0.6) is 0 Å². The van der Waals surface area contributed by atoms with Gasteiger partial charge < -0.3 is 18.9 Å². The first-order chi connectivity index (χ1) is 12.1. The van der Waals surface area contributed by atoms with Crippen LogP contribution in [0, 0.1) is 12.8 Å². The molecular formula is C19H28N2O4. The van der Waals surface area contributed by atoms with E-state index in [2.05, 4.69) is 5.16 Å². The van der Waals surface area contributed by atoms with Gasteiger partial charge in [-0.1, -0.05) is 18.0 Å². The zero-order valence-corrected chi connectivity index (χ0v) is 15.0. The van der Waals surface area contributed by atoms with E-state index in [1.54, 1.807) is 13.0 Å². The van der Waals surface area contributed by atoms with Gasteiger partial charge in [0.1, 0.15) is 5.76 Å². The van der Waals surface area contributed by atoms with Gasteiger partial charge in [-0.25, -0.2) is 0 Å². The molecule has 3 fully saturated rings. The van der Waals surface area contributed by atoms with E-state index in [9.17, 15) is 4.79 Å². The SMILES string of the molecule is Cc1cc(C(=O)N2CCC[C@]3(C[C@@H](OCC4CCCC4)CO3)C2)no1. The molecule has 0 aromatic carbocycles. The van der Waals surface area contributed by atoms with Gasteiger partial charge in [0, 0.05) is 25.6 Å². The Bertz CT molecular complexity index is 610. The minimum absolute atomic E-state index is 0.0603. The van der Waals surface area contributed by atoms with Crippen LogP contribution >= 0.6 is 0 Å². The van der Waals surface area contributed by atoms with E-state index in [4.69, 9.17) is 14.0 Å². The normalized spacial score (nSPS) is 30.4. The summed E-state index contributed by atoms with van der Waals surface area (Å²) in [7, 11) is 0. The predicted octanol–water partition coefficient (Wildman–Crippen LogP) is 2.95. The number of likely N-dealkylation sites (tertiary alicyclic amines) is 1. The van der Waals surface area contributed by atoms with E-state index in [-0.39, 0.29) is 17.6 Å². The molecule has 0 unspecified atom stereocenters. The highest BCUT2D eigenvalue weighted by Crippen LogP contribution is 2.37. The lowest BCUT2D eigenvalue weighted by molar-refractivity contribution is -0.0469. The van der Waals surface area contributed by atoms with Crippen LogP contribution in [-0.4, -0.2) is 54.0 Å². The Morgan fingerprint density at radius 1 is 1.40 bits per heavy atom. The van der Waals surface area contributed by atoms with E-state index in [0.717, 1.165) is 38.3 Å². The highest BCUT2D eigenvalue weighted by molar-refractivity contribution is 5.92. The lowest BCUT2D eigenvalue weighted by Crippen LogP contribution is -2.50. The van der Waals surface area contributed by atoms with Gasteiger partial charge in [-0.05, 0) is 38.5 Å². The van der Waals surface area contributed by atoms with E-state index < -0.39 is 0 Å². The van der Waals surface area contributed by atoms with Gasteiger partial charge >= 0.3 is 0 Å². The summed E-state index contributed by atoms with van der Waals surface area (Å²) in [5, 5.41) is 3.86. The number of nitrogens with zero attached hydrogens (tertiary/aromatic N) is 2. The molecule has 138 valence electrons. The lowest BCUT2D eigenvalue weighted by atomic mass is 9.89. The van der Waals surface area contributed by atoms with Crippen molar-refractivity contribution in [2.24, 2.45) is 5.92 Å². The Morgan fingerprint density at radius 2 is 2.24 bits per heavy atom. The highest BCUT2D eigenvalue weighted by Gasteiger charge is 2.45. The summed E-state index contributed by atoms with van der Waals surface area (Å²) in [6, 6.07) is 1.70. The molecule has 6 heteroatoms. The molecule has 0 radical (unpaired) electrons. The quantitative estimate of drug-likeness (QED) is 0.837. The van der Waals surface area contributed by atoms with Crippen LogP contribution in [0.15, 0.2) is 10.6 Å². The summed E-state index contributed by atoms with van der Waals surface area (Å²) < 4.78 is 17.4. The molecule has 3 heterocycles. The molecule has 2 atom stereocenters. The number of aromatic nitrogens is 1.